The van der Waals surface area contributed by atoms with E-state index in [-0.39, 0.29) is 36.4 Å². The maximum atomic E-state index is 12.1. The van der Waals surface area contributed by atoms with Gasteiger partial charge < -0.3 is 4.57 Å². The van der Waals surface area contributed by atoms with Crippen molar-refractivity contribution < 1.29 is 14.4 Å². The summed E-state index contributed by atoms with van der Waals surface area (Å²) < 4.78 is 3.13. The lowest BCUT2D eigenvalue weighted by Gasteiger charge is -2.14. The van der Waals surface area contributed by atoms with Crippen LogP contribution in [0.3, 0.4) is 0 Å². The highest BCUT2D eigenvalue weighted by Gasteiger charge is 2.35. The first-order valence-corrected chi connectivity index (χ1v) is 8.14. The van der Waals surface area contributed by atoms with Crippen molar-refractivity contribution in [3.63, 3.8) is 0 Å². The zero-order valence-corrected chi connectivity index (χ0v) is 14.2. The number of imide groups is 1. The van der Waals surface area contributed by atoms with Gasteiger partial charge in [-0.1, -0.05) is 0 Å². The summed E-state index contributed by atoms with van der Waals surface area (Å²) in [6, 6.07) is 0. The molecular weight excluding hydrogens is 338 g/mol. The molecule has 132 valence electrons. The smallest absolute Gasteiger partial charge is 0.245 e. The third-order valence-corrected chi connectivity index (χ3v) is 4.30. The predicted molar refractivity (Wildman–Crippen MR) is 89.9 cm³/mol. The third kappa shape index (κ3) is 2.22. The molecule has 1 aliphatic heterocycles. The summed E-state index contributed by atoms with van der Waals surface area (Å²) in [5.74, 6) is -0.324. The second-order valence-electron chi connectivity index (χ2n) is 5.86. The van der Waals surface area contributed by atoms with E-state index in [9.17, 15) is 14.4 Å². The Morgan fingerprint density at radius 2 is 1.88 bits per heavy atom. The number of nitrogens with zero attached hydrogens (tertiary/aromatic N) is 7. The molecule has 1 saturated heterocycles. The molecular formula is C16H15N7O3. The number of aromatic nitrogens is 6. The molecule has 1 fully saturated rings. The molecule has 0 bridgehead atoms. The average molecular weight is 353 g/mol. The molecule has 3 aromatic heterocycles. The Hall–Kier alpha value is -3.43. The number of pyridine rings is 1. The predicted octanol–water partition coefficient (Wildman–Crippen LogP) is 0.888. The average Bonchev–Trinajstić information content (AvgIpc) is 3.30. The van der Waals surface area contributed by atoms with Gasteiger partial charge in [-0.05, 0) is 13.8 Å². The number of Topliss-reactive ketones (excluding diaryl/α,β-unsaturated/α-hetero) is 1. The van der Waals surface area contributed by atoms with Crippen LogP contribution in [-0.2, 0) is 16.1 Å². The Morgan fingerprint density at radius 3 is 2.54 bits per heavy atom. The Labute approximate surface area is 147 Å². The van der Waals surface area contributed by atoms with Gasteiger partial charge in [0.25, 0.3) is 0 Å². The summed E-state index contributed by atoms with van der Waals surface area (Å²) in [6.45, 7) is 3.86. The van der Waals surface area contributed by atoms with Gasteiger partial charge in [0, 0.05) is 25.6 Å². The second kappa shape index (κ2) is 5.83. The summed E-state index contributed by atoms with van der Waals surface area (Å²) in [6.07, 6.45) is 4.61. The number of fused-ring (bicyclic) bond motifs is 1. The van der Waals surface area contributed by atoms with Gasteiger partial charge in [-0.25, -0.2) is 9.88 Å². The molecule has 0 unspecified atom stereocenters. The van der Waals surface area contributed by atoms with Crippen LogP contribution in [0, 0.1) is 0 Å². The van der Waals surface area contributed by atoms with Crippen molar-refractivity contribution in [2.75, 3.05) is 4.90 Å². The Bertz CT molecular complexity index is 1050. The van der Waals surface area contributed by atoms with E-state index in [2.05, 4.69) is 20.1 Å². The molecule has 4 heterocycles. The molecule has 2 amide bonds. The van der Waals surface area contributed by atoms with Gasteiger partial charge >= 0.3 is 0 Å². The minimum Gasteiger partial charge on any atom is -0.308 e. The number of hydrogen-bond donors (Lipinski definition) is 0. The fourth-order valence-electron chi connectivity index (χ4n) is 3.12. The topological polar surface area (TPSA) is 116 Å². The first-order chi connectivity index (χ1) is 12.5. The van der Waals surface area contributed by atoms with Crippen molar-refractivity contribution in [1.29, 1.82) is 0 Å². The molecule has 0 saturated carbocycles. The highest BCUT2D eigenvalue weighted by Crippen LogP contribution is 2.26. The van der Waals surface area contributed by atoms with E-state index >= 15 is 0 Å². The minimum atomic E-state index is -0.325. The fraction of sp³-hybridized carbons (Fsp3) is 0.312. The highest BCUT2D eigenvalue weighted by molar-refractivity contribution is 6.18. The summed E-state index contributed by atoms with van der Waals surface area (Å²) in [4.78, 5) is 49.8. The number of rotatable bonds is 4. The maximum Gasteiger partial charge on any atom is 0.245 e. The first kappa shape index (κ1) is 16.1. The zero-order chi connectivity index (χ0) is 18.4. The fourth-order valence-corrected chi connectivity index (χ4v) is 3.12. The molecule has 0 spiro atoms. The normalized spacial score (nSPS) is 14.6. The summed E-state index contributed by atoms with van der Waals surface area (Å²) >= 11 is 0. The summed E-state index contributed by atoms with van der Waals surface area (Å²) in [5.41, 5.74) is 1.60. The van der Waals surface area contributed by atoms with Crippen LogP contribution in [0.15, 0.2) is 18.7 Å². The van der Waals surface area contributed by atoms with Crippen molar-refractivity contribution in [3.05, 3.63) is 24.3 Å². The first-order valence-electron chi connectivity index (χ1n) is 8.14. The molecule has 0 aromatic carbocycles. The monoisotopic (exact) mass is 353 g/mol. The maximum absolute atomic E-state index is 12.1. The zero-order valence-electron chi connectivity index (χ0n) is 14.2. The van der Waals surface area contributed by atoms with Crippen LogP contribution >= 0.6 is 0 Å². The minimum absolute atomic E-state index is 0.0971. The number of carbonyl (C=O) groups is 3. The van der Waals surface area contributed by atoms with Crippen LogP contribution in [0.25, 0.3) is 17.0 Å². The van der Waals surface area contributed by atoms with Crippen LogP contribution < -0.4 is 4.90 Å². The Balaban J connectivity index is 1.96. The largest absolute Gasteiger partial charge is 0.308 e. The van der Waals surface area contributed by atoms with E-state index in [1.165, 1.54) is 24.1 Å². The molecule has 0 N–H and O–H groups in total. The van der Waals surface area contributed by atoms with E-state index in [1.807, 2.05) is 6.92 Å². The molecule has 0 radical (unpaired) electrons. The van der Waals surface area contributed by atoms with Crippen molar-refractivity contribution in [1.82, 2.24) is 29.3 Å². The van der Waals surface area contributed by atoms with Crippen LogP contribution in [0.1, 0.15) is 37.0 Å². The van der Waals surface area contributed by atoms with Gasteiger partial charge in [-0.15, -0.1) is 0 Å². The van der Waals surface area contributed by atoms with Crippen molar-refractivity contribution >= 4 is 34.6 Å². The lowest BCUT2D eigenvalue weighted by molar-refractivity contribution is -0.121. The van der Waals surface area contributed by atoms with Crippen molar-refractivity contribution in [2.45, 2.75) is 33.2 Å². The molecule has 10 heteroatoms. The van der Waals surface area contributed by atoms with Gasteiger partial charge in [0.1, 0.15) is 11.8 Å². The standard InChI is InChI=1S/C16H15N7O3/c1-3-21-14-10(9(2)24)6-17-7-11(14)20-16(21)23-15(18-8-19-23)22-12(25)4-5-13(22)26/h6-8H,3-5H2,1-2H3. The number of carbonyl (C=O) groups excluding carboxylic acids is 3. The highest BCUT2D eigenvalue weighted by atomic mass is 16.2. The van der Waals surface area contributed by atoms with Gasteiger partial charge in [0.15, 0.2) is 5.78 Å². The number of aryl methyl sites for hydroxylation is 1. The van der Waals surface area contributed by atoms with Crippen molar-refractivity contribution in [3.8, 4) is 5.95 Å². The van der Waals surface area contributed by atoms with E-state index in [0.717, 1.165) is 4.90 Å². The van der Waals surface area contributed by atoms with Crippen molar-refractivity contribution in [2.24, 2.45) is 0 Å². The molecule has 0 aliphatic carbocycles. The van der Waals surface area contributed by atoms with Crippen LogP contribution in [0.4, 0.5) is 5.95 Å². The van der Waals surface area contributed by atoms with E-state index in [0.29, 0.717) is 29.1 Å². The van der Waals surface area contributed by atoms with Crippen LogP contribution in [-0.4, -0.2) is 46.9 Å². The number of amides is 2. The van der Waals surface area contributed by atoms with E-state index < -0.39 is 0 Å². The molecule has 26 heavy (non-hydrogen) atoms. The van der Waals surface area contributed by atoms with Gasteiger partial charge in [0.2, 0.25) is 23.7 Å². The molecule has 1 aliphatic rings. The van der Waals surface area contributed by atoms with Gasteiger partial charge in [-0.2, -0.15) is 14.8 Å². The lowest BCUT2D eigenvalue weighted by Crippen LogP contribution is -2.31. The number of anilines is 1. The van der Waals surface area contributed by atoms with Crippen LogP contribution in [0.2, 0.25) is 0 Å². The van der Waals surface area contributed by atoms with Gasteiger partial charge in [0.05, 0.1) is 17.3 Å². The van der Waals surface area contributed by atoms with E-state index in [4.69, 9.17) is 0 Å². The SMILES string of the molecule is CCn1c(-n2ncnc2N2C(=O)CCC2=O)nc2cncc(C(C)=O)c21. The molecule has 4 rings (SSSR count). The molecule has 10 nitrogen and oxygen atoms in total. The quantitative estimate of drug-likeness (QED) is 0.505. The number of imidazole rings is 1. The van der Waals surface area contributed by atoms with E-state index in [1.54, 1.807) is 10.8 Å². The summed E-state index contributed by atoms with van der Waals surface area (Å²) in [5, 5.41) is 4.15. The second-order valence-corrected chi connectivity index (χ2v) is 5.86. The Morgan fingerprint density at radius 1 is 1.15 bits per heavy atom. The molecule has 3 aromatic rings. The lowest BCUT2D eigenvalue weighted by atomic mass is 10.2. The van der Waals surface area contributed by atoms with Crippen LogP contribution in [0.5, 0.6) is 0 Å². The third-order valence-electron chi connectivity index (χ3n) is 4.30. The van der Waals surface area contributed by atoms with Gasteiger partial charge in [-0.3, -0.25) is 19.4 Å². The molecule has 0 atom stereocenters. The summed E-state index contributed by atoms with van der Waals surface area (Å²) in [7, 11) is 0. The number of hydrogen-bond acceptors (Lipinski definition) is 7. The number of ketones is 1. The Kier molecular flexibility index (Phi) is 3.60.